The lowest BCUT2D eigenvalue weighted by molar-refractivity contribution is 0.317. The van der Waals surface area contributed by atoms with Gasteiger partial charge in [0.15, 0.2) is 0 Å². The summed E-state index contributed by atoms with van der Waals surface area (Å²) in [5.74, 6) is 1.17. The summed E-state index contributed by atoms with van der Waals surface area (Å²) in [6.45, 7) is 5.57. The molecule has 0 aliphatic carbocycles. The maximum Gasteiger partial charge on any atom is 0.140 e. The van der Waals surface area contributed by atoms with E-state index in [2.05, 4.69) is 37.9 Å². The van der Waals surface area contributed by atoms with Gasteiger partial charge in [0.2, 0.25) is 0 Å². The topological polar surface area (TPSA) is 74.7 Å². The van der Waals surface area contributed by atoms with E-state index in [9.17, 15) is 0 Å². The average molecular weight is 301 g/mol. The number of hydrogen-bond donors (Lipinski definition) is 2. The van der Waals surface area contributed by atoms with Crippen molar-refractivity contribution in [3.8, 4) is 0 Å². The molecule has 0 atom stereocenters. The molecule has 1 rings (SSSR count). The van der Waals surface area contributed by atoms with Crippen LogP contribution in [0.25, 0.3) is 0 Å². The van der Waals surface area contributed by atoms with Crippen molar-refractivity contribution in [2.75, 3.05) is 18.0 Å². The van der Waals surface area contributed by atoms with Gasteiger partial charge in [-0.05, 0) is 41.4 Å². The van der Waals surface area contributed by atoms with E-state index in [0.29, 0.717) is 13.0 Å². The lowest BCUT2D eigenvalue weighted by atomic mass is 10.2. The summed E-state index contributed by atoms with van der Waals surface area (Å²) >= 11 is 3.39. The molecule has 0 aliphatic rings. The SMILES string of the molecule is CCN(CCC(N)=NO)c1ncc(Br)cc1C. The third-order valence-electron chi connectivity index (χ3n) is 2.46. The molecule has 0 amide bonds. The van der Waals surface area contributed by atoms with Gasteiger partial charge in [0.25, 0.3) is 0 Å². The number of aryl methyl sites for hydroxylation is 1. The minimum absolute atomic E-state index is 0.234. The van der Waals surface area contributed by atoms with Crippen LogP contribution in [0.2, 0.25) is 0 Å². The van der Waals surface area contributed by atoms with Crippen LogP contribution in [-0.2, 0) is 0 Å². The second-order valence-electron chi connectivity index (χ2n) is 3.72. The van der Waals surface area contributed by atoms with Crippen molar-refractivity contribution in [3.05, 3.63) is 22.3 Å². The zero-order valence-electron chi connectivity index (χ0n) is 10.0. The van der Waals surface area contributed by atoms with Gasteiger partial charge < -0.3 is 15.8 Å². The second kappa shape index (κ2) is 6.44. The van der Waals surface area contributed by atoms with Gasteiger partial charge in [-0.3, -0.25) is 0 Å². The van der Waals surface area contributed by atoms with Crippen LogP contribution in [0.1, 0.15) is 18.9 Å². The molecule has 0 unspecified atom stereocenters. The van der Waals surface area contributed by atoms with Crippen molar-refractivity contribution in [3.63, 3.8) is 0 Å². The first kappa shape index (κ1) is 13.8. The summed E-state index contributed by atoms with van der Waals surface area (Å²) in [7, 11) is 0. The third kappa shape index (κ3) is 3.89. The van der Waals surface area contributed by atoms with E-state index in [4.69, 9.17) is 10.9 Å². The molecule has 0 spiro atoms. The largest absolute Gasteiger partial charge is 0.409 e. The molecule has 0 aromatic carbocycles. The summed E-state index contributed by atoms with van der Waals surface area (Å²) in [5, 5.41) is 11.5. The number of nitrogens with zero attached hydrogens (tertiary/aromatic N) is 3. The highest BCUT2D eigenvalue weighted by Crippen LogP contribution is 2.20. The summed E-state index contributed by atoms with van der Waals surface area (Å²) in [6, 6.07) is 2.02. The number of halogens is 1. The average Bonchev–Trinajstić information content (AvgIpc) is 2.31. The number of nitrogens with two attached hydrogens (primary N) is 1. The molecule has 1 heterocycles. The highest BCUT2D eigenvalue weighted by molar-refractivity contribution is 9.10. The van der Waals surface area contributed by atoms with Crippen molar-refractivity contribution in [1.82, 2.24) is 4.98 Å². The van der Waals surface area contributed by atoms with Crippen LogP contribution in [-0.4, -0.2) is 29.1 Å². The third-order valence-corrected chi connectivity index (χ3v) is 2.90. The summed E-state index contributed by atoms with van der Waals surface area (Å²) < 4.78 is 0.964. The Labute approximate surface area is 109 Å². The van der Waals surface area contributed by atoms with Crippen molar-refractivity contribution in [2.45, 2.75) is 20.3 Å². The number of oxime groups is 1. The van der Waals surface area contributed by atoms with Gasteiger partial charge in [-0.15, -0.1) is 0 Å². The number of rotatable bonds is 5. The minimum atomic E-state index is 0.234. The Kier molecular flexibility index (Phi) is 5.21. The lowest BCUT2D eigenvalue weighted by Crippen LogP contribution is -2.29. The van der Waals surface area contributed by atoms with E-state index in [1.165, 1.54) is 0 Å². The molecule has 17 heavy (non-hydrogen) atoms. The highest BCUT2D eigenvalue weighted by Gasteiger charge is 2.09. The van der Waals surface area contributed by atoms with Crippen LogP contribution in [0.4, 0.5) is 5.82 Å². The van der Waals surface area contributed by atoms with Gasteiger partial charge in [0.05, 0.1) is 0 Å². The molecule has 0 saturated carbocycles. The van der Waals surface area contributed by atoms with E-state index >= 15 is 0 Å². The van der Waals surface area contributed by atoms with E-state index in [0.717, 1.165) is 22.4 Å². The summed E-state index contributed by atoms with van der Waals surface area (Å²) in [4.78, 5) is 6.49. The van der Waals surface area contributed by atoms with Gasteiger partial charge in [-0.25, -0.2) is 4.98 Å². The highest BCUT2D eigenvalue weighted by atomic mass is 79.9. The molecule has 6 heteroatoms. The Morgan fingerprint density at radius 2 is 2.35 bits per heavy atom. The monoisotopic (exact) mass is 300 g/mol. The van der Waals surface area contributed by atoms with Crippen molar-refractivity contribution >= 4 is 27.6 Å². The van der Waals surface area contributed by atoms with Gasteiger partial charge in [0.1, 0.15) is 11.7 Å². The Morgan fingerprint density at radius 3 is 2.88 bits per heavy atom. The van der Waals surface area contributed by atoms with Gasteiger partial charge in [0, 0.05) is 30.2 Å². The fourth-order valence-corrected chi connectivity index (χ4v) is 2.02. The Morgan fingerprint density at radius 1 is 1.65 bits per heavy atom. The van der Waals surface area contributed by atoms with Gasteiger partial charge in [-0.1, -0.05) is 5.16 Å². The predicted octanol–water partition coefficient (Wildman–Crippen LogP) is 2.12. The second-order valence-corrected chi connectivity index (χ2v) is 4.63. The fraction of sp³-hybridized carbons (Fsp3) is 0.455. The molecule has 3 N–H and O–H groups in total. The molecule has 0 aliphatic heterocycles. The standard InChI is InChI=1S/C11H17BrN4O/c1-3-16(5-4-10(13)15-17)11-8(2)6-9(12)7-14-11/h6-7,17H,3-5H2,1-2H3,(H2,13,15). The van der Waals surface area contributed by atoms with E-state index in [1.54, 1.807) is 6.20 Å². The zero-order valence-corrected chi connectivity index (χ0v) is 11.6. The van der Waals surface area contributed by atoms with E-state index < -0.39 is 0 Å². The number of aromatic nitrogens is 1. The Bertz CT molecular complexity index is 408. The molecule has 94 valence electrons. The molecule has 1 aromatic rings. The molecule has 0 bridgehead atoms. The van der Waals surface area contributed by atoms with E-state index in [-0.39, 0.29) is 5.84 Å². The summed E-state index contributed by atoms with van der Waals surface area (Å²) in [5.41, 5.74) is 6.56. The molecule has 0 saturated heterocycles. The first-order valence-electron chi connectivity index (χ1n) is 5.42. The molecule has 0 radical (unpaired) electrons. The smallest absolute Gasteiger partial charge is 0.140 e. The van der Waals surface area contributed by atoms with Crippen LogP contribution in [0.15, 0.2) is 21.9 Å². The lowest BCUT2D eigenvalue weighted by Gasteiger charge is -2.23. The van der Waals surface area contributed by atoms with Crippen molar-refractivity contribution < 1.29 is 5.21 Å². The predicted molar refractivity (Wildman–Crippen MR) is 72.6 cm³/mol. The first-order valence-corrected chi connectivity index (χ1v) is 6.21. The van der Waals surface area contributed by atoms with Crippen LogP contribution >= 0.6 is 15.9 Å². The van der Waals surface area contributed by atoms with Gasteiger partial charge >= 0.3 is 0 Å². The molecular formula is C11H17BrN4O. The molecule has 5 nitrogen and oxygen atoms in total. The van der Waals surface area contributed by atoms with Crippen molar-refractivity contribution in [1.29, 1.82) is 0 Å². The van der Waals surface area contributed by atoms with Crippen LogP contribution in [0.5, 0.6) is 0 Å². The number of hydrogen-bond acceptors (Lipinski definition) is 4. The van der Waals surface area contributed by atoms with Crippen LogP contribution in [0.3, 0.4) is 0 Å². The minimum Gasteiger partial charge on any atom is -0.409 e. The van der Waals surface area contributed by atoms with E-state index in [1.807, 2.05) is 13.0 Å². The normalized spacial score (nSPS) is 11.6. The fourth-order valence-electron chi connectivity index (χ4n) is 1.58. The maximum atomic E-state index is 8.50. The molecular weight excluding hydrogens is 284 g/mol. The maximum absolute atomic E-state index is 8.50. The van der Waals surface area contributed by atoms with Crippen LogP contribution < -0.4 is 10.6 Å². The zero-order chi connectivity index (χ0) is 12.8. The number of pyridine rings is 1. The Balaban J connectivity index is 2.79. The number of amidine groups is 1. The molecule has 1 aromatic heterocycles. The first-order chi connectivity index (χ1) is 8.08. The van der Waals surface area contributed by atoms with Crippen molar-refractivity contribution in [2.24, 2.45) is 10.9 Å². The van der Waals surface area contributed by atoms with Gasteiger partial charge in [-0.2, -0.15) is 0 Å². The Hall–Kier alpha value is -1.30. The molecule has 0 fully saturated rings. The number of anilines is 1. The summed E-state index contributed by atoms with van der Waals surface area (Å²) in [6.07, 6.45) is 2.29. The quantitative estimate of drug-likeness (QED) is 0.378. The van der Waals surface area contributed by atoms with Crippen LogP contribution in [0, 0.1) is 6.92 Å².